The minimum absolute atomic E-state index is 0.0893. The summed E-state index contributed by atoms with van der Waals surface area (Å²) >= 11 is 0. The topological polar surface area (TPSA) is 75.7 Å². The minimum atomic E-state index is -0.686. The van der Waals surface area contributed by atoms with Gasteiger partial charge in [-0.05, 0) is 31.1 Å². The summed E-state index contributed by atoms with van der Waals surface area (Å²) in [6, 6.07) is 0.0893. The molecule has 2 saturated carbocycles. The molecule has 0 unspecified atom stereocenters. The molecule has 2 bridgehead atoms. The van der Waals surface area contributed by atoms with Crippen LogP contribution in [0.2, 0.25) is 0 Å². The molecule has 0 aromatic rings. The van der Waals surface area contributed by atoms with Gasteiger partial charge in [-0.1, -0.05) is 31.4 Å². The van der Waals surface area contributed by atoms with Crippen molar-refractivity contribution in [2.75, 3.05) is 0 Å². The first-order valence-electron chi connectivity index (χ1n) is 8.20. The first kappa shape index (κ1) is 13.8. The Morgan fingerprint density at radius 2 is 1.64 bits per heavy atom. The van der Waals surface area contributed by atoms with E-state index in [-0.39, 0.29) is 41.5 Å². The van der Waals surface area contributed by atoms with Crippen LogP contribution in [0, 0.1) is 23.7 Å². The molecular formula is C16H20N2O4. The van der Waals surface area contributed by atoms with Gasteiger partial charge in [0.15, 0.2) is 0 Å². The number of hydrogen-bond donors (Lipinski definition) is 1. The molecule has 6 nitrogen and oxygen atoms in total. The second-order valence-electron chi connectivity index (χ2n) is 6.83. The number of nitrogens with zero attached hydrogens (tertiary/aromatic N) is 1. The lowest BCUT2D eigenvalue weighted by molar-refractivity contribution is -0.174. The zero-order chi connectivity index (χ0) is 15.3. The molecule has 0 spiro atoms. The van der Waals surface area contributed by atoms with E-state index in [1.807, 2.05) is 12.2 Å². The van der Waals surface area contributed by atoms with Crippen molar-refractivity contribution >= 4 is 17.9 Å². The highest BCUT2D eigenvalue weighted by Gasteiger charge is 2.60. The van der Waals surface area contributed by atoms with Crippen molar-refractivity contribution in [3.05, 3.63) is 12.2 Å². The molecule has 0 aromatic heterocycles. The number of rotatable bonds is 2. The van der Waals surface area contributed by atoms with Gasteiger partial charge in [0.25, 0.3) is 11.8 Å². The standard InChI is InChI=1S/C16H20N2O4/c19-14-12-9-6-7-10(8-9)13(12)15(20)18(14)22-16(21)17-11-4-2-1-3-5-11/h6-7,9-13H,1-5,8H2,(H,17,21)/t9-,10-,12-,13+/m0/s1. The van der Waals surface area contributed by atoms with E-state index in [1.54, 1.807) is 0 Å². The van der Waals surface area contributed by atoms with Crippen molar-refractivity contribution in [1.82, 2.24) is 10.4 Å². The number of allylic oxidation sites excluding steroid dienone is 2. The van der Waals surface area contributed by atoms with Gasteiger partial charge in [-0.15, -0.1) is 5.06 Å². The fourth-order valence-corrected chi connectivity index (χ4v) is 4.49. The average Bonchev–Trinajstić information content (AvgIpc) is 3.18. The Hall–Kier alpha value is -1.85. The third-order valence-corrected chi connectivity index (χ3v) is 5.53. The molecule has 118 valence electrons. The van der Waals surface area contributed by atoms with Crippen LogP contribution >= 0.6 is 0 Å². The fourth-order valence-electron chi connectivity index (χ4n) is 4.49. The molecule has 0 radical (unpaired) electrons. The van der Waals surface area contributed by atoms with Gasteiger partial charge >= 0.3 is 6.09 Å². The van der Waals surface area contributed by atoms with Gasteiger partial charge in [0.2, 0.25) is 0 Å². The lowest BCUT2D eigenvalue weighted by Crippen LogP contribution is -2.43. The van der Waals surface area contributed by atoms with Gasteiger partial charge in [-0.25, -0.2) is 4.79 Å². The molecule has 4 atom stereocenters. The molecular weight excluding hydrogens is 284 g/mol. The van der Waals surface area contributed by atoms with Crippen molar-refractivity contribution in [3.63, 3.8) is 0 Å². The van der Waals surface area contributed by atoms with Crippen molar-refractivity contribution in [2.45, 2.75) is 44.6 Å². The lowest BCUT2D eigenvalue weighted by atomic mass is 9.85. The molecule has 1 saturated heterocycles. The van der Waals surface area contributed by atoms with E-state index in [0.717, 1.165) is 32.1 Å². The Bertz CT molecular complexity index is 522. The predicted molar refractivity (Wildman–Crippen MR) is 76.1 cm³/mol. The number of fused-ring (bicyclic) bond motifs is 5. The first-order valence-corrected chi connectivity index (χ1v) is 8.20. The van der Waals surface area contributed by atoms with Crippen LogP contribution in [0.25, 0.3) is 0 Å². The summed E-state index contributed by atoms with van der Waals surface area (Å²) in [5.74, 6) is -1.12. The highest BCUT2D eigenvalue weighted by molar-refractivity contribution is 6.06. The fraction of sp³-hybridized carbons (Fsp3) is 0.688. The van der Waals surface area contributed by atoms with E-state index in [2.05, 4.69) is 5.32 Å². The number of hydroxylamine groups is 2. The molecule has 3 aliphatic carbocycles. The summed E-state index contributed by atoms with van der Waals surface area (Å²) in [6.45, 7) is 0. The summed E-state index contributed by atoms with van der Waals surface area (Å²) in [7, 11) is 0. The number of hydrogen-bond acceptors (Lipinski definition) is 4. The second kappa shape index (κ2) is 5.11. The van der Waals surface area contributed by atoms with Crippen LogP contribution in [-0.4, -0.2) is 29.0 Å². The molecule has 4 aliphatic rings. The van der Waals surface area contributed by atoms with Crippen LogP contribution in [0.1, 0.15) is 38.5 Å². The molecule has 6 heteroatoms. The predicted octanol–water partition coefficient (Wildman–Crippen LogP) is 1.77. The van der Waals surface area contributed by atoms with E-state index in [4.69, 9.17) is 4.84 Å². The van der Waals surface area contributed by atoms with Gasteiger partial charge in [0, 0.05) is 6.04 Å². The lowest BCUT2D eigenvalue weighted by Gasteiger charge is -2.23. The second-order valence-corrected chi connectivity index (χ2v) is 6.83. The molecule has 3 amide bonds. The number of nitrogens with one attached hydrogen (secondary N) is 1. The quantitative estimate of drug-likeness (QED) is 0.623. The Labute approximate surface area is 128 Å². The maximum Gasteiger partial charge on any atom is 0.432 e. The highest BCUT2D eigenvalue weighted by atomic mass is 16.7. The molecule has 1 N–H and O–H groups in total. The summed E-state index contributed by atoms with van der Waals surface area (Å²) in [5, 5.41) is 3.48. The van der Waals surface area contributed by atoms with Crippen LogP contribution in [0.4, 0.5) is 4.79 Å². The van der Waals surface area contributed by atoms with Crippen LogP contribution in [0.15, 0.2) is 12.2 Å². The first-order chi connectivity index (χ1) is 10.6. The summed E-state index contributed by atoms with van der Waals surface area (Å²) in [4.78, 5) is 41.8. The van der Waals surface area contributed by atoms with Crippen LogP contribution in [-0.2, 0) is 14.4 Å². The van der Waals surface area contributed by atoms with E-state index in [0.29, 0.717) is 5.06 Å². The monoisotopic (exact) mass is 304 g/mol. The van der Waals surface area contributed by atoms with Crippen molar-refractivity contribution in [3.8, 4) is 0 Å². The molecule has 1 heterocycles. The highest BCUT2D eigenvalue weighted by Crippen LogP contribution is 2.52. The van der Waals surface area contributed by atoms with E-state index in [9.17, 15) is 14.4 Å². The number of carbonyl (C=O) groups excluding carboxylic acids is 3. The van der Waals surface area contributed by atoms with Crippen LogP contribution < -0.4 is 5.32 Å². The van der Waals surface area contributed by atoms with Crippen LogP contribution in [0.3, 0.4) is 0 Å². The Morgan fingerprint density at radius 3 is 2.23 bits per heavy atom. The van der Waals surface area contributed by atoms with Gasteiger partial charge in [-0.2, -0.15) is 0 Å². The van der Waals surface area contributed by atoms with Gasteiger partial charge in [0.05, 0.1) is 11.8 Å². The maximum atomic E-state index is 12.4. The van der Waals surface area contributed by atoms with Crippen molar-refractivity contribution < 1.29 is 19.2 Å². The molecule has 22 heavy (non-hydrogen) atoms. The van der Waals surface area contributed by atoms with Gasteiger partial charge in [0.1, 0.15) is 0 Å². The summed E-state index contributed by atoms with van der Waals surface area (Å²) in [5.41, 5.74) is 0. The number of imide groups is 1. The van der Waals surface area contributed by atoms with Gasteiger partial charge < -0.3 is 10.2 Å². The SMILES string of the molecule is O=C(NC1CCCCC1)ON1C(=O)[C@@H]2[C@H](C1=O)[C@H]1C=C[C@H]2C1. The third-order valence-electron chi connectivity index (χ3n) is 5.53. The molecule has 1 aliphatic heterocycles. The maximum absolute atomic E-state index is 12.4. The Kier molecular flexibility index (Phi) is 3.20. The number of amides is 3. The zero-order valence-electron chi connectivity index (χ0n) is 12.4. The van der Waals surface area contributed by atoms with Gasteiger partial charge in [-0.3, -0.25) is 9.59 Å². The molecule has 3 fully saturated rings. The van der Waals surface area contributed by atoms with Crippen LogP contribution in [0.5, 0.6) is 0 Å². The summed E-state index contributed by atoms with van der Waals surface area (Å²) < 4.78 is 0. The van der Waals surface area contributed by atoms with Crippen molar-refractivity contribution in [1.29, 1.82) is 0 Å². The smallest absolute Gasteiger partial charge is 0.317 e. The summed E-state index contributed by atoms with van der Waals surface area (Å²) in [6.07, 6.45) is 9.44. The van der Waals surface area contributed by atoms with Crippen molar-refractivity contribution in [2.24, 2.45) is 23.7 Å². The van der Waals surface area contributed by atoms with E-state index in [1.165, 1.54) is 6.42 Å². The normalized spacial score (nSPS) is 36.8. The third kappa shape index (κ3) is 2.04. The zero-order valence-corrected chi connectivity index (χ0v) is 12.4. The largest absolute Gasteiger partial charge is 0.432 e. The molecule has 4 rings (SSSR count). The Morgan fingerprint density at radius 1 is 1.05 bits per heavy atom. The number of carbonyl (C=O) groups is 3. The molecule has 0 aromatic carbocycles. The average molecular weight is 304 g/mol. The van der Waals surface area contributed by atoms with E-state index < -0.39 is 6.09 Å². The Balaban J connectivity index is 1.40. The van der Waals surface area contributed by atoms with E-state index >= 15 is 0 Å². The minimum Gasteiger partial charge on any atom is -0.317 e.